The Hall–Kier alpha value is 2.06. The topological polar surface area (TPSA) is 0 Å². The Morgan fingerprint density at radius 2 is 0.714 bits per heavy atom. The molecule has 0 saturated carbocycles. The van der Waals surface area contributed by atoms with Crippen LogP contribution in [0.5, 0.6) is 0 Å². The van der Waals surface area contributed by atoms with E-state index in [4.69, 9.17) is 92.8 Å². The molecule has 8 heteroatoms. The molecule has 0 atom stereocenters. The Bertz CT molecular complexity index is 248. The van der Waals surface area contributed by atoms with Crippen LogP contribution in [0.1, 0.15) is 0 Å². The first-order valence-corrected chi connectivity index (χ1v) is 6.20. The molecular formula is C6H2Cl8. The van der Waals surface area contributed by atoms with Crippen molar-refractivity contribution in [3.8, 4) is 0 Å². The van der Waals surface area contributed by atoms with Crippen LogP contribution in [0, 0.1) is 0 Å². The van der Waals surface area contributed by atoms with Crippen LogP contribution in [0.25, 0.3) is 0 Å². The van der Waals surface area contributed by atoms with Crippen molar-refractivity contribution in [1.29, 1.82) is 0 Å². The van der Waals surface area contributed by atoms with Gasteiger partial charge >= 0.3 is 0 Å². The number of hydrogen-bond acceptors (Lipinski definition) is 0. The molecule has 0 aliphatic heterocycles. The maximum Gasteiger partial charge on any atom is 0.190 e. The van der Waals surface area contributed by atoms with Gasteiger partial charge in [0, 0.05) is 0 Å². The molecule has 1 aliphatic rings. The minimum atomic E-state index is -1.94. The first-order chi connectivity index (χ1) is 5.96. The second-order valence-electron chi connectivity index (χ2n) is 2.73. The van der Waals surface area contributed by atoms with Crippen LogP contribution in [-0.2, 0) is 0 Å². The van der Waals surface area contributed by atoms with Gasteiger partial charge in [-0.3, -0.25) is 0 Å². The van der Waals surface area contributed by atoms with E-state index in [0.717, 1.165) is 0 Å². The van der Waals surface area contributed by atoms with Crippen molar-refractivity contribution < 1.29 is 0 Å². The van der Waals surface area contributed by atoms with Gasteiger partial charge in [0.2, 0.25) is 0 Å². The Labute approximate surface area is 121 Å². The molecule has 0 amide bonds. The van der Waals surface area contributed by atoms with E-state index in [1.807, 2.05) is 0 Å². The third-order valence-corrected chi connectivity index (χ3v) is 6.86. The smallest absolute Gasteiger partial charge is 0.0944 e. The van der Waals surface area contributed by atoms with E-state index in [1.54, 1.807) is 0 Å². The second kappa shape index (κ2) is 3.78. The average Bonchev–Trinajstić information content (AvgIpc) is 1.98. The lowest BCUT2D eigenvalue weighted by atomic mass is 10.0. The van der Waals surface area contributed by atoms with Crippen molar-refractivity contribution in [3.63, 3.8) is 0 Å². The van der Waals surface area contributed by atoms with Gasteiger partial charge in [0.15, 0.2) is 17.3 Å². The maximum atomic E-state index is 5.86. The standard InChI is InChI=1S/C6H2Cl8/c7-3(8)1-2-4(9,10)6(13,14)5(3,11)12/h1-2H. The quantitative estimate of drug-likeness (QED) is 0.410. The lowest BCUT2D eigenvalue weighted by Crippen LogP contribution is -2.59. The van der Waals surface area contributed by atoms with Gasteiger partial charge in [0.05, 0.1) is 0 Å². The average molecular weight is 358 g/mol. The van der Waals surface area contributed by atoms with Crippen molar-refractivity contribution in [2.24, 2.45) is 0 Å². The summed E-state index contributed by atoms with van der Waals surface area (Å²) >= 11 is 46.6. The number of rotatable bonds is 0. The Morgan fingerprint density at radius 3 is 0.929 bits per heavy atom. The van der Waals surface area contributed by atoms with Gasteiger partial charge in [-0.15, -0.1) is 0 Å². The summed E-state index contributed by atoms with van der Waals surface area (Å²) in [6, 6.07) is 0. The zero-order chi connectivity index (χ0) is 11.4. The van der Waals surface area contributed by atoms with Gasteiger partial charge < -0.3 is 0 Å². The molecule has 0 spiro atoms. The molecule has 0 bridgehead atoms. The number of halogens is 8. The van der Waals surface area contributed by atoms with Crippen LogP contribution in [0.2, 0.25) is 0 Å². The molecule has 0 heterocycles. The first-order valence-electron chi connectivity index (χ1n) is 3.17. The van der Waals surface area contributed by atoms with Gasteiger partial charge in [-0.2, -0.15) is 0 Å². The summed E-state index contributed by atoms with van der Waals surface area (Å²) in [7, 11) is 0. The van der Waals surface area contributed by atoms with Crippen molar-refractivity contribution in [1.82, 2.24) is 0 Å². The highest BCUT2D eigenvalue weighted by Gasteiger charge is 2.69. The summed E-state index contributed by atoms with van der Waals surface area (Å²) in [4.78, 5) is 0. The Kier molecular flexibility index (Phi) is 3.81. The molecule has 14 heavy (non-hydrogen) atoms. The minimum absolute atomic E-state index is 1.24. The summed E-state index contributed by atoms with van der Waals surface area (Å²) in [6.07, 6.45) is 2.47. The molecule has 0 nitrogen and oxygen atoms in total. The van der Waals surface area contributed by atoms with E-state index in [-0.39, 0.29) is 0 Å². The predicted molar refractivity (Wildman–Crippen MR) is 66.9 cm³/mol. The largest absolute Gasteiger partial charge is 0.190 e. The summed E-state index contributed by atoms with van der Waals surface area (Å²) < 4.78 is -7.23. The minimum Gasteiger partial charge on any atom is -0.0944 e. The monoisotopic (exact) mass is 354 g/mol. The highest BCUT2D eigenvalue weighted by Crippen LogP contribution is 2.64. The van der Waals surface area contributed by atoms with Crippen LogP contribution >= 0.6 is 92.8 Å². The summed E-state index contributed by atoms with van der Waals surface area (Å²) in [5, 5.41) is 0. The molecule has 0 N–H and O–H groups in total. The van der Waals surface area contributed by atoms with E-state index < -0.39 is 17.3 Å². The van der Waals surface area contributed by atoms with Gasteiger partial charge in [-0.25, -0.2) is 0 Å². The highest BCUT2D eigenvalue weighted by atomic mass is 35.6. The zero-order valence-electron chi connectivity index (χ0n) is 6.18. The molecular weight excluding hydrogens is 356 g/mol. The predicted octanol–water partition coefficient (Wildman–Crippen LogP) is 5.25. The molecule has 1 rings (SSSR count). The Morgan fingerprint density at radius 1 is 0.500 bits per heavy atom. The first kappa shape index (κ1) is 14.1. The highest BCUT2D eigenvalue weighted by molar-refractivity contribution is 6.75. The normalized spacial score (nSPS) is 31.4. The molecule has 0 saturated heterocycles. The molecule has 0 fully saturated rings. The van der Waals surface area contributed by atoms with Gasteiger partial charge in [-0.05, 0) is 12.2 Å². The molecule has 0 aromatic rings. The van der Waals surface area contributed by atoms with Crippen LogP contribution in [0.4, 0.5) is 0 Å². The maximum absolute atomic E-state index is 5.86. The van der Waals surface area contributed by atoms with Crippen molar-refractivity contribution in [2.45, 2.75) is 17.3 Å². The number of allylic oxidation sites excluding steroid dienone is 2. The molecule has 0 unspecified atom stereocenters. The molecule has 0 aromatic carbocycles. The zero-order valence-corrected chi connectivity index (χ0v) is 12.2. The molecule has 0 aromatic heterocycles. The summed E-state index contributed by atoms with van der Waals surface area (Å²) in [5.74, 6) is 0. The van der Waals surface area contributed by atoms with E-state index in [0.29, 0.717) is 0 Å². The number of hydrogen-bond donors (Lipinski definition) is 0. The van der Waals surface area contributed by atoms with E-state index in [9.17, 15) is 0 Å². The van der Waals surface area contributed by atoms with Crippen LogP contribution in [-0.4, -0.2) is 17.3 Å². The van der Waals surface area contributed by atoms with Crippen LogP contribution < -0.4 is 0 Å². The van der Waals surface area contributed by atoms with Gasteiger partial charge in [0.1, 0.15) is 0 Å². The van der Waals surface area contributed by atoms with Crippen molar-refractivity contribution >= 4 is 92.8 Å². The van der Waals surface area contributed by atoms with Crippen molar-refractivity contribution in [2.75, 3.05) is 0 Å². The second-order valence-corrected chi connectivity index (χ2v) is 8.15. The molecule has 82 valence electrons. The van der Waals surface area contributed by atoms with Crippen LogP contribution in [0.3, 0.4) is 0 Å². The fraction of sp³-hybridized carbons (Fsp3) is 0.667. The van der Waals surface area contributed by atoms with Crippen LogP contribution in [0.15, 0.2) is 12.2 Å². The lowest BCUT2D eigenvalue weighted by Gasteiger charge is -2.47. The Balaban J connectivity index is 3.36. The fourth-order valence-corrected chi connectivity index (χ4v) is 2.89. The summed E-state index contributed by atoms with van der Waals surface area (Å²) in [6.45, 7) is 0. The SMILES string of the molecule is ClC1(Cl)C=CC(Cl)(Cl)C(Cl)(Cl)C1(Cl)Cl. The van der Waals surface area contributed by atoms with E-state index in [1.165, 1.54) is 12.2 Å². The van der Waals surface area contributed by atoms with Gasteiger partial charge in [-0.1, -0.05) is 92.8 Å². The van der Waals surface area contributed by atoms with E-state index in [2.05, 4.69) is 0 Å². The van der Waals surface area contributed by atoms with Crippen molar-refractivity contribution in [3.05, 3.63) is 12.2 Å². The molecule has 0 radical (unpaired) electrons. The number of alkyl halides is 8. The third kappa shape index (κ3) is 1.84. The van der Waals surface area contributed by atoms with E-state index >= 15 is 0 Å². The fourth-order valence-electron chi connectivity index (χ4n) is 0.837. The lowest BCUT2D eigenvalue weighted by molar-refractivity contribution is 0.590. The van der Waals surface area contributed by atoms with Gasteiger partial charge in [0.25, 0.3) is 0 Å². The summed E-state index contributed by atoms with van der Waals surface area (Å²) in [5.41, 5.74) is 0. The third-order valence-electron chi connectivity index (χ3n) is 1.73. The molecule has 1 aliphatic carbocycles.